The number of rotatable bonds is 5. The summed E-state index contributed by atoms with van der Waals surface area (Å²) in [7, 11) is 0. The monoisotopic (exact) mass is 281 g/mol. The summed E-state index contributed by atoms with van der Waals surface area (Å²) >= 11 is 6.14. The van der Waals surface area contributed by atoms with Gasteiger partial charge in [-0.3, -0.25) is 4.68 Å². The summed E-state index contributed by atoms with van der Waals surface area (Å²) in [6, 6.07) is 2.81. The van der Waals surface area contributed by atoms with Crippen LogP contribution in [-0.4, -0.2) is 21.7 Å². The van der Waals surface area contributed by atoms with E-state index >= 15 is 0 Å². The first kappa shape index (κ1) is 13.4. The van der Waals surface area contributed by atoms with E-state index in [0.717, 1.165) is 19.0 Å². The van der Waals surface area contributed by atoms with E-state index in [4.69, 9.17) is 16.7 Å². The van der Waals surface area contributed by atoms with Gasteiger partial charge in [-0.05, 0) is 50.6 Å². The predicted octanol–water partition coefficient (Wildman–Crippen LogP) is 3.50. The summed E-state index contributed by atoms with van der Waals surface area (Å²) in [5.41, 5.74) is 1.17. The lowest BCUT2D eigenvalue weighted by Crippen LogP contribution is -2.21. The standard InChI is InChI=1S/C15H24ClN3/c16-13-6-5-12(9-13)10-17-11-14-7-8-19(18-14)15-3-1-2-4-15/h7-8,12-13,15,17H,1-6,9-11H2. The van der Waals surface area contributed by atoms with Crippen LogP contribution in [0.1, 0.15) is 56.7 Å². The zero-order chi connectivity index (χ0) is 13.1. The first-order valence-electron chi connectivity index (χ1n) is 7.70. The number of nitrogens with zero attached hydrogens (tertiary/aromatic N) is 2. The first-order chi connectivity index (χ1) is 9.31. The van der Waals surface area contributed by atoms with Crippen LogP contribution in [0.4, 0.5) is 0 Å². The van der Waals surface area contributed by atoms with Gasteiger partial charge in [0.15, 0.2) is 0 Å². The zero-order valence-corrected chi connectivity index (χ0v) is 12.3. The highest BCUT2D eigenvalue weighted by Crippen LogP contribution is 2.29. The second kappa shape index (κ2) is 6.27. The Kier molecular flexibility index (Phi) is 4.44. The van der Waals surface area contributed by atoms with Crippen molar-refractivity contribution in [3.8, 4) is 0 Å². The molecule has 106 valence electrons. The fraction of sp³-hybridized carbons (Fsp3) is 0.800. The van der Waals surface area contributed by atoms with Gasteiger partial charge in [-0.1, -0.05) is 12.8 Å². The highest BCUT2D eigenvalue weighted by molar-refractivity contribution is 6.20. The molecule has 0 aliphatic heterocycles. The van der Waals surface area contributed by atoms with Crippen LogP contribution in [-0.2, 0) is 6.54 Å². The van der Waals surface area contributed by atoms with E-state index in [1.807, 2.05) is 0 Å². The Morgan fingerprint density at radius 2 is 2.11 bits per heavy atom. The van der Waals surface area contributed by atoms with E-state index in [0.29, 0.717) is 11.4 Å². The van der Waals surface area contributed by atoms with Crippen molar-refractivity contribution in [3.63, 3.8) is 0 Å². The molecule has 19 heavy (non-hydrogen) atoms. The van der Waals surface area contributed by atoms with Crippen molar-refractivity contribution in [2.24, 2.45) is 5.92 Å². The van der Waals surface area contributed by atoms with Crippen LogP contribution < -0.4 is 5.32 Å². The van der Waals surface area contributed by atoms with Crippen LogP contribution in [0, 0.1) is 5.92 Å². The van der Waals surface area contributed by atoms with E-state index in [1.54, 1.807) is 0 Å². The summed E-state index contributed by atoms with van der Waals surface area (Å²) in [6.45, 7) is 1.97. The van der Waals surface area contributed by atoms with E-state index in [1.165, 1.54) is 50.6 Å². The maximum absolute atomic E-state index is 6.14. The third-order valence-electron chi connectivity index (χ3n) is 4.58. The lowest BCUT2D eigenvalue weighted by molar-refractivity contribution is 0.454. The minimum absolute atomic E-state index is 0.411. The molecule has 1 N–H and O–H groups in total. The van der Waals surface area contributed by atoms with Gasteiger partial charge >= 0.3 is 0 Å². The van der Waals surface area contributed by atoms with Crippen LogP contribution in [0.15, 0.2) is 12.3 Å². The van der Waals surface area contributed by atoms with E-state index in [9.17, 15) is 0 Å². The molecule has 0 amide bonds. The second-order valence-corrected chi connectivity index (χ2v) is 6.75. The summed E-state index contributed by atoms with van der Waals surface area (Å²) in [5.74, 6) is 0.763. The number of halogens is 1. The summed E-state index contributed by atoms with van der Waals surface area (Å²) in [4.78, 5) is 0. The van der Waals surface area contributed by atoms with E-state index in [-0.39, 0.29) is 0 Å². The zero-order valence-electron chi connectivity index (χ0n) is 11.5. The normalized spacial score (nSPS) is 28.3. The molecular formula is C15H24ClN3. The fourth-order valence-corrected chi connectivity index (χ4v) is 3.83. The van der Waals surface area contributed by atoms with E-state index in [2.05, 4.69) is 22.3 Å². The van der Waals surface area contributed by atoms with Crippen LogP contribution in [0.25, 0.3) is 0 Å². The first-order valence-corrected chi connectivity index (χ1v) is 8.14. The molecule has 2 atom stereocenters. The Balaban J connectivity index is 1.42. The van der Waals surface area contributed by atoms with Crippen molar-refractivity contribution in [3.05, 3.63) is 18.0 Å². The summed E-state index contributed by atoms with van der Waals surface area (Å²) < 4.78 is 2.17. The Labute approximate surface area is 120 Å². The molecule has 3 rings (SSSR count). The smallest absolute Gasteiger partial charge is 0.0762 e. The molecule has 2 saturated carbocycles. The molecule has 1 aromatic heterocycles. The molecule has 0 aromatic carbocycles. The number of aromatic nitrogens is 2. The second-order valence-electron chi connectivity index (χ2n) is 6.13. The Hall–Kier alpha value is -0.540. The van der Waals surface area contributed by atoms with Gasteiger partial charge in [0.1, 0.15) is 0 Å². The third-order valence-corrected chi connectivity index (χ3v) is 4.98. The van der Waals surface area contributed by atoms with Gasteiger partial charge < -0.3 is 5.32 Å². The Bertz CT molecular complexity index is 398. The molecular weight excluding hydrogens is 258 g/mol. The molecule has 0 saturated heterocycles. The molecule has 1 heterocycles. The molecule has 0 radical (unpaired) electrons. The SMILES string of the molecule is ClC1CCC(CNCc2ccn(C3CCCC3)n2)C1. The van der Waals surface area contributed by atoms with Crippen molar-refractivity contribution < 1.29 is 0 Å². The molecule has 2 unspecified atom stereocenters. The number of nitrogens with one attached hydrogen (secondary N) is 1. The van der Waals surface area contributed by atoms with Crippen molar-refractivity contribution >= 4 is 11.6 Å². The fourth-order valence-electron chi connectivity index (χ4n) is 3.45. The number of hydrogen-bond acceptors (Lipinski definition) is 2. The molecule has 4 heteroatoms. The molecule has 2 aliphatic carbocycles. The Morgan fingerprint density at radius 3 is 2.84 bits per heavy atom. The van der Waals surface area contributed by atoms with Crippen molar-refractivity contribution in [1.82, 2.24) is 15.1 Å². The Morgan fingerprint density at radius 1 is 1.26 bits per heavy atom. The lowest BCUT2D eigenvalue weighted by Gasteiger charge is -2.10. The van der Waals surface area contributed by atoms with Gasteiger partial charge in [-0.15, -0.1) is 11.6 Å². The summed E-state index contributed by atoms with van der Waals surface area (Å²) in [6.07, 6.45) is 11.1. The van der Waals surface area contributed by atoms with Gasteiger partial charge in [-0.25, -0.2) is 0 Å². The minimum atomic E-state index is 0.411. The molecule has 0 bridgehead atoms. The average molecular weight is 282 g/mol. The quantitative estimate of drug-likeness (QED) is 0.837. The van der Waals surface area contributed by atoms with Gasteiger partial charge in [0.05, 0.1) is 11.7 Å². The molecule has 2 fully saturated rings. The lowest BCUT2D eigenvalue weighted by atomic mass is 10.1. The van der Waals surface area contributed by atoms with E-state index < -0.39 is 0 Å². The average Bonchev–Trinajstić information content (AvgIpc) is 3.09. The maximum atomic E-state index is 6.14. The third kappa shape index (κ3) is 3.51. The molecule has 2 aliphatic rings. The molecule has 0 spiro atoms. The van der Waals surface area contributed by atoms with Crippen LogP contribution >= 0.6 is 11.6 Å². The minimum Gasteiger partial charge on any atom is -0.311 e. The molecule has 3 nitrogen and oxygen atoms in total. The van der Waals surface area contributed by atoms with Gasteiger partial charge in [0.25, 0.3) is 0 Å². The topological polar surface area (TPSA) is 29.9 Å². The summed E-state index contributed by atoms with van der Waals surface area (Å²) in [5, 5.41) is 8.64. The van der Waals surface area contributed by atoms with Crippen LogP contribution in [0.5, 0.6) is 0 Å². The van der Waals surface area contributed by atoms with Crippen molar-refractivity contribution in [2.45, 2.75) is 62.9 Å². The highest BCUT2D eigenvalue weighted by Gasteiger charge is 2.22. The highest BCUT2D eigenvalue weighted by atomic mass is 35.5. The van der Waals surface area contributed by atoms with Crippen molar-refractivity contribution in [2.75, 3.05) is 6.54 Å². The molecule has 1 aromatic rings. The van der Waals surface area contributed by atoms with Crippen LogP contribution in [0.3, 0.4) is 0 Å². The van der Waals surface area contributed by atoms with Gasteiger partial charge in [-0.2, -0.15) is 5.10 Å². The van der Waals surface area contributed by atoms with Crippen molar-refractivity contribution in [1.29, 1.82) is 0 Å². The van der Waals surface area contributed by atoms with Crippen LogP contribution in [0.2, 0.25) is 0 Å². The maximum Gasteiger partial charge on any atom is 0.0762 e. The largest absolute Gasteiger partial charge is 0.311 e. The van der Waals surface area contributed by atoms with Gasteiger partial charge in [0, 0.05) is 18.1 Å². The number of hydrogen-bond donors (Lipinski definition) is 1. The predicted molar refractivity (Wildman–Crippen MR) is 78.4 cm³/mol. The van der Waals surface area contributed by atoms with Gasteiger partial charge in [0.2, 0.25) is 0 Å². The number of alkyl halides is 1.